The standard InChI is InChI=1S/C7H10N6O.C5H6O3.C3H6O/c1-9-7-11-5(8)4-6(12-7)13(3-14)2-10-4;6-5-7-3-1-2-4-8-5;1-3-2-4-3/h2,14H,3H2,1H3,(H3,8,9,11,12);1,3H,2,4H2;3H,2H2,1H3. The largest absolute Gasteiger partial charge is 0.513 e. The molecule has 142 valence electrons. The monoisotopic (exact) mass is 366 g/mol. The molecular weight excluding hydrogens is 344 g/mol. The Morgan fingerprint density at radius 2 is 2.19 bits per heavy atom. The summed E-state index contributed by atoms with van der Waals surface area (Å²) in [6.45, 7) is 3.28. The van der Waals surface area contributed by atoms with E-state index < -0.39 is 6.16 Å². The second kappa shape index (κ2) is 9.53. The predicted octanol–water partition coefficient (Wildman–Crippen LogP) is 0.862. The highest BCUT2D eigenvalue weighted by molar-refractivity contribution is 5.82. The van der Waals surface area contributed by atoms with Gasteiger partial charge in [0, 0.05) is 13.5 Å². The van der Waals surface area contributed by atoms with Crippen molar-refractivity contribution in [3.63, 3.8) is 0 Å². The number of nitrogens with zero attached hydrogens (tertiary/aromatic N) is 4. The minimum atomic E-state index is -0.612. The number of cyclic esters (lactones) is 2. The highest BCUT2D eigenvalue weighted by atomic mass is 16.7. The van der Waals surface area contributed by atoms with Crippen LogP contribution < -0.4 is 11.1 Å². The van der Waals surface area contributed by atoms with Crippen LogP contribution in [0.5, 0.6) is 0 Å². The summed E-state index contributed by atoms with van der Waals surface area (Å²) in [4.78, 5) is 22.3. The Labute approximate surface area is 149 Å². The molecule has 0 aliphatic carbocycles. The molecule has 1 unspecified atom stereocenters. The van der Waals surface area contributed by atoms with Gasteiger partial charge in [-0.05, 0) is 13.0 Å². The summed E-state index contributed by atoms with van der Waals surface area (Å²) in [6, 6.07) is 0. The topological polar surface area (TPSA) is 150 Å². The van der Waals surface area contributed by atoms with Gasteiger partial charge in [0.2, 0.25) is 5.95 Å². The van der Waals surface area contributed by atoms with Crippen LogP contribution in [0.25, 0.3) is 11.2 Å². The van der Waals surface area contributed by atoms with Crippen molar-refractivity contribution in [1.29, 1.82) is 0 Å². The lowest BCUT2D eigenvalue weighted by Gasteiger charge is -2.02. The molecule has 2 aliphatic rings. The average molecular weight is 366 g/mol. The number of nitrogen functional groups attached to an aromatic ring is 1. The highest BCUT2D eigenvalue weighted by Gasteiger charge is 2.13. The summed E-state index contributed by atoms with van der Waals surface area (Å²) < 4.78 is 15.0. The van der Waals surface area contributed by atoms with Crippen LogP contribution in [0, 0.1) is 0 Å². The molecule has 1 fully saturated rings. The van der Waals surface area contributed by atoms with Gasteiger partial charge in [0.15, 0.2) is 11.5 Å². The van der Waals surface area contributed by atoms with Gasteiger partial charge in [0.1, 0.15) is 12.2 Å². The fourth-order valence-corrected chi connectivity index (χ4v) is 1.69. The lowest BCUT2D eigenvalue weighted by molar-refractivity contribution is 0.0916. The third-order valence-corrected chi connectivity index (χ3v) is 3.13. The molecule has 1 atom stereocenters. The van der Waals surface area contributed by atoms with Crippen LogP contribution in [0.4, 0.5) is 16.6 Å². The summed E-state index contributed by atoms with van der Waals surface area (Å²) in [7, 11) is 1.69. The number of anilines is 2. The molecule has 0 radical (unpaired) electrons. The number of carbonyl (C=O) groups is 1. The lowest BCUT2D eigenvalue weighted by atomic mass is 10.5. The van der Waals surface area contributed by atoms with Crippen molar-refractivity contribution in [2.24, 2.45) is 0 Å². The van der Waals surface area contributed by atoms with E-state index in [-0.39, 0.29) is 6.73 Å². The van der Waals surface area contributed by atoms with E-state index >= 15 is 0 Å². The van der Waals surface area contributed by atoms with Crippen LogP contribution in [0.2, 0.25) is 0 Å². The molecule has 0 saturated carbocycles. The number of nitrogens with two attached hydrogens (primary N) is 1. The summed E-state index contributed by atoms with van der Waals surface area (Å²) in [5.74, 6) is 0.705. The molecule has 1 saturated heterocycles. The zero-order valence-corrected chi connectivity index (χ0v) is 14.6. The normalized spacial score (nSPS) is 17.7. The summed E-state index contributed by atoms with van der Waals surface area (Å²) >= 11 is 0. The first-order valence-electron chi connectivity index (χ1n) is 7.92. The number of imidazole rings is 1. The van der Waals surface area contributed by atoms with Gasteiger partial charge in [-0.25, -0.2) is 9.78 Å². The van der Waals surface area contributed by atoms with Gasteiger partial charge < -0.3 is 30.4 Å². The van der Waals surface area contributed by atoms with Crippen molar-refractivity contribution in [1.82, 2.24) is 19.5 Å². The van der Waals surface area contributed by atoms with Gasteiger partial charge in [-0.1, -0.05) is 0 Å². The van der Waals surface area contributed by atoms with E-state index in [1.807, 2.05) is 0 Å². The van der Waals surface area contributed by atoms with Gasteiger partial charge >= 0.3 is 6.16 Å². The van der Waals surface area contributed by atoms with Gasteiger partial charge in [0.25, 0.3) is 0 Å². The van der Waals surface area contributed by atoms with E-state index in [1.165, 1.54) is 17.2 Å². The molecule has 0 bridgehead atoms. The second-order valence-electron chi connectivity index (χ2n) is 5.23. The number of aliphatic hydroxyl groups excluding tert-OH is 1. The molecule has 0 amide bonds. The molecule has 2 aromatic heterocycles. The zero-order valence-electron chi connectivity index (χ0n) is 14.6. The third kappa shape index (κ3) is 5.86. The van der Waals surface area contributed by atoms with E-state index in [2.05, 4.69) is 36.7 Å². The van der Waals surface area contributed by atoms with E-state index in [1.54, 1.807) is 13.1 Å². The highest BCUT2D eigenvalue weighted by Crippen LogP contribution is 2.17. The number of carbonyl (C=O) groups excluding carboxylic acids is 1. The average Bonchev–Trinajstić information content (AvgIpc) is 3.36. The van der Waals surface area contributed by atoms with Gasteiger partial charge in [-0.15, -0.1) is 0 Å². The van der Waals surface area contributed by atoms with Crippen LogP contribution in [-0.2, 0) is 20.9 Å². The van der Waals surface area contributed by atoms with Crippen molar-refractivity contribution in [2.45, 2.75) is 26.2 Å². The molecule has 11 heteroatoms. The van der Waals surface area contributed by atoms with Crippen LogP contribution in [-0.4, -0.2) is 57.1 Å². The molecule has 4 heterocycles. The smallest absolute Gasteiger partial charge is 0.434 e. The number of aromatic nitrogens is 4. The van der Waals surface area contributed by atoms with Crippen molar-refractivity contribution in [2.75, 3.05) is 31.3 Å². The van der Waals surface area contributed by atoms with Crippen LogP contribution in [0.1, 0.15) is 13.3 Å². The maximum atomic E-state index is 10.2. The molecule has 26 heavy (non-hydrogen) atoms. The van der Waals surface area contributed by atoms with E-state index in [4.69, 9.17) is 15.6 Å². The van der Waals surface area contributed by atoms with Crippen molar-refractivity contribution >= 4 is 29.1 Å². The Bertz CT molecular complexity index is 758. The molecule has 0 spiro atoms. The molecule has 0 aromatic carbocycles. The number of fused-ring (bicyclic) bond motifs is 1. The van der Waals surface area contributed by atoms with Crippen molar-refractivity contribution in [3.05, 3.63) is 18.7 Å². The lowest BCUT2D eigenvalue weighted by Crippen LogP contribution is -2.03. The maximum absolute atomic E-state index is 10.2. The molecule has 2 aliphatic heterocycles. The fourth-order valence-electron chi connectivity index (χ4n) is 1.69. The minimum absolute atomic E-state index is 0.184. The number of hydrogen-bond donors (Lipinski definition) is 3. The summed E-state index contributed by atoms with van der Waals surface area (Å²) in [6.07, 6.45) is 5.26. The fraction of sp³-hybridized carbons (Fsp3) is 0.467. The minimum Gasteiger partial charge on any atom is -0.434 e. The Morgan fingerprint density at radius 1 is 1.46 bits per heavy atom. The number of nitrogens with one attached hydrogen (secondary N) is 1. The second-order valence-corrected chi connectivity index (χ2v) is 5.23. The Balaban J connectivity index is 0.000000169. The van der Waals surface area contributed by atoms with Crippen LogP contribution >= 0.6 is 0 Å². The maximum Gasteiger partial charge on any atom is 0.513 e. The van der Waals surface area contributed by atoms with E-state index in [0.717, 1.165) is 13.0 Å². The molecule has 4 rings (SSSR count). The van der Waals surface area contributed by atoms with Gasteiger partial charge in [0.05, 0.1) is 31.9 Å². The van der Waals surface area contributed by atoms with Crippen LogP contribution in [0.15, 0.2) is 18.7 Å². The molecular formula is C15H22N6O5. The van der Waals surface area contributed by atoms with Crippen molar-refractivity contribution < 1.29 is 24.1 Å². The first-order chi connectivity index (χ1) is 12.5. The van der Waals surface area contributed by atoms with E-state index in [0.29, 0.717) is 35.6 Å². The Kier molecular flexibility index (Phi) is 7.12. The zero-order chi connectivity index (χ0) is 18.9. The van der Waals surface area contributed by atoms with Gasteiger partial charge in [-0.2, -0.15) is 9.97 Å². The first-order valence-corrected chi connectivity index (χ1v) is 7.92. The number of rotatable bonds is 2. The predicted molar refractivity (Wildman–Crippen MR) is 93.1 cm³/mol. The molecule has 4 N–H and O–H groups in total. The molecule has 11 nitrogen and oxygen atoms in total. The third-order valence-electron chi connectivity index (χ3n) is 3.13. The Hall–Kier alpha value is -2.92. The SMILES string of the molecule is CC1CO1.CNc1nc(N)c2ncn(CO)c2n1.O=C1OC=CCCO1. The van der Waals surface area contributed by atoms with Crippen molar-refractivity contribution in [3.8, 4) is 0 Å². The van der Waals surface area contributed by atoms with Crippen LogP contribution in [0.3, 0.4) is 0 Å². The van der Waals surface area contributed by atoms with Gasteiger partial charge in [-0.3, -0.25) is 4.57 Å². The quantitative estimate of drug-likeness (QED) is 0.516. The summed E-state index contributed by atoms with van der Waals surface area (Å²) in [5.41, 5.74) is 6.67. The van der Waals surface area contributed by atoms with E-state index in [9.17, 15) is 4.79 Å². The first kappa shape index (κ1) is 19.4. The number of epoxide rings is 1. The summed E-state index contributed by atoms with van der Waals surface area (Å²) in [5, 5.41) is 11.8. The molecule has 2 aromatic rings. The Morgan fingerprint density at radius 3 is 2.81 bits per heavy atom. The number of hydrogen-bond acceptors (Lipinski definition) is 10. The number of ether oxygens (including phenoxy) is 3. The number of aliphatic hydroxyl groups is 1.